The van der Waals surface area contributed by atoms with Crippen molar-refractivity contribution in [3.8, 4) is 0 Å². The van der Waals surface area contributed by atoms with Gasteiger partial charge in [0.05, 0.1) is 10.4 Å². The quantitative estimate of drug-likeness (QED) is 0.849. The normalized spacial score (nSPS) is 26.2. The van der Waals surface area contributed by atoms with Crippen LogP contribution in [0.1, 0.15) is 6.92 Å². The summed E-state index contributed by atoms with van der Waals surface area (Å²) >= 11 is 3.34. The molecule has 0 bridgehead atoms. The van der Waals surface area contributed by atoms with Gasteiger partial charge in [-0.25, -0.2) is 9.97 Å². The number of halogens is 1. The van der Waals surface area contributed by atoms with Gasteiger partial charge in [-0.3, -0.25) is 4.79 Å². The van der Waals surface area contributed by atoms with Crippen molar-refractivity contribution in [1.82, 2.24) is 20.2 Å². The number of carbonyl (C=O) groups excluding carboxylic acids is 1. The van der Waals surface area contributed by atoms with Crippen LogP contribution in [0, 0.1) is 11.8 Å². The van der Waals surface area contributed by atoms with Crippen molar-refractivity contribution in [2.45, 2.75) is 6.92 Å². The van der Waals surface area contributed by atoms with Crippen molar-refractivity contribution in [3.05, 3.63) is 16.9 Å². The summed E-state index contributed by atoms with van der Waals surface area (Å²) in [4.78, 5) is 25.3. The Hall–Kier alpha value is -1.21. The van der Waals surface area contributed by atoms with Crippen molar-refractivity contribution < 1.29 is 4.79 Å². The third-order valence-corrected chi connectivity index (χ3v) is 4.73. The van der Waals surface area contributed by atoms with Crippen LogP contribution in [-0.2, 0) is 4.79 Å². The van der Waals surface area contributed by atoms with E-state index in [1.807, 2.05) is 4.90 Å². The molecule has 0 aromatic carbocycles. The first-order chi connectivity index (χ1) is 10.1. The molecule has 3 rings (SSSR count). The van der Waals surface area contributed by atoms with Crippen LogP contribution in [0.4, 0.5) is 5.95 Å². The first-order valence-electron chi connectivity index (χ1n) is 7.37. The lowest BCUT2D eigenvalue weighted by molar-refractivity contribution is -0.136. The lowest BCUT2D eigenvalue weighted by atomic mass is 9.96. The highest BCUT2D eigenvalue weighted by Gasteiger charge is 2.34. The average molecular weight is 354 g/mol. The van der Waals surface area contributed by atoms with Gasteiger partial charge in [-0.1, -0.05) is 6.92 Å². The molecule has 0 unspecified atom stereocenters. The lowest BCUT2D eigenvalue weighted by Crippen LogP contribution is -2.51. The minimum absolute atomic E-state index is 0.139. The number of piperazine rings is 1. The van der Waals surface area contributed by atoms with E-state index in [-0.39, 0.29) is 5.92 Å². The number of rotatable bonds is 2. The number of carbonyl (C=O) groups is 1. The van der Waals surface area contributed by atoms with Gasteiger partial charge < -0.3 is 15.1 Å². The summed E-state index contributed by atoms with van der Waals surface area (Å²) in [5.74, 6) is 1.61. The second-order valence-electron chi connectivity index (χ2n) is 5.76. The number of nitrogens with zero attached hydrogens (tertiary/aromatic N) is 4. The molecular weight excluding hydrogens is 334 g/mol. The van der Waals surface area contributed by atoms with Gasteiger partial charge in [0.15, 0.2) is 0 Å². The third kappa shape index (κ3) is 3.18. The molecule has 0 spiro atoms. The first-order valence-corrected chi connectivity index (χ1v) is 8.16. The van der Waals surface area contributed by atoms with E-state index in [0.717, 1.165) is 49.7 Å². The molecule has 21 heavy (non-hydrogen) atoms. The summed E-state index contributed by atoms with van der Waals surface area (Å²) < 4.78 is 0.878. The van der Waals surface area contributed by atoms with Gasteiger partial charge in [-0.15, -0.1) is 0 Å². The molecule has 0 radical (unpaired) electrons. The monoisotopic (exact) mass is 353 g/mol. The molecule has 2 saturated heterocycles. The number of hydrogen-bond acceptors (Lipinski definition) is 5. The Morgan fingerprint density at radius 2 is 1.90 bits per heavy atom. The topological polar surface area (TPSA) is 61.4 Å². The number of anilines is 1. The highest BCUT2D eigenvalue weighted by Crippen LogP contribution is 2.20. The summed E-state index contributed by atoms with van der Waals surface area (Å²) in [5.41, 5.74) is 0. The first kappa shape index (κ1) is 14.7. The van der Waals surface area contributed by atoms with Gasteiger partial charge in [0, 0.05) is 45.1 Å². The van der Waals surface area contributed by atoms with Crippen molar-refractivity contribution in [2.75, 3.05) is 44.2 Å². The SMILES string of the molecule is C[C@@H]1CNC[C@H]1C(=O)N1CCN(c2ncc(Br)cn2)CC1. The second kappa shape index (κ2) is 6.27. The number of aromatic nitrogens is 2. The average Bonchev–Trinajstić information content (AvgIpc) is 2.94. The van der Waals surface area contributed by atoms with Crippen molar-refractivity contribution in [2.24, 2.45) is 11.8 Å². The molecular formula is C14H20BrN5O. The fourth-order valence-electron chi connectivity index (χ4n) is 2.97. The molecule has 2 aliphatic rings. The van der Waals surface area contributed by atoms with Gasteiger partial charge in [0.1, 0.15) is 0 Å². The molecule has 1 N–H and O–H groups in total. The van der Waals surface area contributed by atoms with Crippen LogP contribution in [0.2, 0.25) is 0 Å². The highest BCUT2D eigenvalue weighted by molar-refractivity contribution is 9.10. The summed E-state index contributed by atoms with van der Waals surface area (Å²) in [6.45, 7) is 7.00. The minimum atomic E-state index is 0.139. The Morgan fingerprint density at radius 3 is 2.48 bits per heavy atom. The van der Waals surface area contributed by atoms with Crippen LogP contribution in [0.15, 0.2) is 16.9 Å². The van der Waals surface area contributed by atoms with Crippen LogP contribution < -0.4 is 10.2 Å². The Labute approximate surface area is 133 Å². The van der Waals surface area contributed by atoms with Crippen molar-refractivity contribution >= 4 is 27.8 Å². The molecule has 114 valence electrons. The molecule has 1 aromatic heterocycles. The Bertz CT molecular complexity index is 501. The van der Waals surface area contributed by atoms with Crippen LogP contribution in [0.3, 0.4) is 0 Å². The third-order valence-electron chi connectivity index (χ3n) is 4.32. The van der Waals surface area contributed by atoms with E-state index in [4.69, 9.17) is 0 Å². The molecule has 6 nitrogen and oxygen atoms in total. The fraction of sp³-hybridized carbons (Fsp3) is 0.643. The predicted octanol–water partition coefficient (Wildman–Crippen LogP) is 0.743. The summed E-state index contributed by atoms with van der Waals surface area (Å²) in [6, 6.07) is 0. The largest absolute Gasteiger partial charge is 0.339 e. The van der Waals surface area contributed by atoms with Gasteiger partial charge in [-0.05, 0) is 28.4 Å². The Balaban J connectivity index is 1.57. The highest BCUT2D eigenvalue weighted by atomic mass is 79.9. The standard InChI is InChI=1S/C14H20BrN5O/c1-10-6-16-9-12(10)13(21)19-2-4-20(5-3-19)14-17-7-11(15)8-18-14/h7-8,10,12,16H,2-6,9H2,1H3/t10-,12-/m1/s1. The van der Waals surface area contributed by atoms with Gasteiger partial charge in [0.2, 0.25) is 11.9 Å². The van der Waals surface area contributed by atoms with E-state index in [1.165, 1.54) is 0 Å². The summed E-state index contributed by atoms with van der Waals surface area (Å²) in [5, 5.41) is 3.30. The van der Waals surface area contributed by atoms with Crippen molar-refractivity contribution in [1.29, 1.82) is 0 Å². The van der Waals surface area contributed by atoms with Gasteiger partial charge in [-0.2, -0.15) is 0 Å². The van der Waals surface area contributed by atoms with Crippen LogP contribution in [0.5, 0.6) is 0 Å². The molecule has 2 aliphatic heterocycles. The summed E-state index contributed by atoms with van der Waals surface area (Å²) in [6.07, 6.45) is 3.51. The molecule has 1 aromatic rings. The van der Waals surface area contributed by atoms with E-state index < -0.39 is 0 Å². The molecule has 2 atom stereocenters. The smallest absolute Gasteiger partial charge is 0.227 e. The fourth-order valence-corrected chi connectivity index (χ4v) is 3.18. The maximum Gasteiger partial charge on any atom is 0.227 e. The Kier molecular flexibility index (Phi) is 4.40. The van der Waals surface area contributed by atoms with Crippen LogP contribution in [-0.4, -0.2) is 60.0 Å². The van der Waals surface area contributed by atoms with E-state index >= 15 is 0 Å². The number of nitrogens with one attached hydrogen (secondary N) is 1. The van der Waals surface area contributed by atoms with E-state index in [2.05, 4.69) is 43.0 Å². The van der Waals surface area contributed by atoms with Crippen LogP contribution >= 0.6 is 15.9 Å². The van der Waals surface area contributed by atoms with E-state index in [0.29, 0.717) is 11.8 Å². The summed E-state index contributed by atoms with van der Waals surface area (Å²) in [7, 11) is 0. The molecule has 2 fully saturated rings. The predicted molar refractivity (Wildman–Crippen MR) is 84.0 cm³/mol. The second-order valence-corrected chi connectivity index (χ2v) is 6.67. The lowest BCUT2D eigenvalue weighted by Gasteiger charge is -2.36. The van der Waals surface area contributed by atoms with Crippen LogP contribution in [0.25, 0.3) is 0 Å². The molecule has 1 amide bonds. The zero-order chi connectivity index (χ0) is 14.8. The maximum absolute atomic E-state index is 12.5. The molecule has 7 heteroatoms. The number of hydrogen-bond donors (Lipinski definition) is 1. The zero-order valence-electron chi connectivity index (χ0n) is 12.1. The zero-order valence-corrected chi connectivity index (χ0v) is 13.7. The molecule has 0 aliphatic carbocycles. The molecule has 0 saturated carbocycles. The van der Waals surface area contributed by atoms with Gasteiger partial charge in [0.25, 0.3) is 0 Å². The van der Waals surface area contributed by atoms with E-state index in [9.17, 15) is 4.79 Å². The maximum atomic E-state index is 12.5. The van der Waals surface area contributed by atoms with Gasteiger partial charge >= 0.3 is 0 Å². The van der Waals surface area contributed by atoms with E-state index in [1.54, 1.807) is 12.4 Å². The minimum Gasteiger partial charge on any atom is -0.339 e. The molecule has 3 heterocycles. The number of amides is 1. The van der Waals surface area contributed by atoms with Crippen molar-refractivity contribution in [3.63, 3.8) is 0 Å². The Morgan fingerprint density at radius 1 is 1.24 bits per heavy atom.